The van der Waals surface area contributed by atoms with Crippen LogP contribution in [0.1, 0.15) is 25.3 Å². The number of allylic oxidation sites excluding steroid dienone is 2. The van der Waals surface area contributed by atoms with Gasteiger partial charge in [0.15, 0.2) is 0 Å². The first-order valence-electron chi connectivity index (χ1n) is 10.8. The van der Waals surface area contributed by atoms with Crippen LogP contribution >= 0.6 is 12.4 Å². The number of hydrogen-bond acceptors (Lipinski definition) is 5. The molecule has 166 valence electrons. The van der Waals surface area contributed by atoms with E-state index in [2.05, 4.69) is 41.4 Å². The lowest BCUT2D eigenvalue weighted by Gasteiger charge is -2.40. The first-order chi connectivity index (χ1) is 15.4. The van der Waals surface area contributed by atoms with Crippen LogP contribution in [0.4, 0.5) is 0 Å². The van der Waals surface area contributed by atoms with Gasteiger partial charge < -0.3 is 5.11 Å². The number of aliphatic imine (C=N–C) groups is 2. The molecule has 1 atom stereocenters. The number of nitrogens with two attached hydrogens (primary N) is 1. The highest BCUT2D eigenvalue weighted by atomic mass is 35.5. The second-order valence-electron chi connectivity index (χ2n) is 9.13. The van der Waals surface area contributed by atoms with Gasteiger partial charge in [0.25, 0.3) is 5.84 Å². The van der Waals surface area contributed by atoms with Gasteiger partial charge >= 0.3 is 0 Å². The molecule has 7 heteroatoms. The molecule has 33 heavy (non-hydrogen) atoms. The Morgan fingerprint density at radius 1 is 1.03 bits per heavy atom. The summed E-state index contributed by atoms with van der Waals surface area (Å²) in [6.45, 7) is 1.87. The minimum absolute atomic E-state index is 0. The Kier molecular flexibility index (Phi) is 5.06. The summed E-state index contributed by atoms with van der Waals surface area (Å²) in [4.78, 5) is 14.2. The molecule has 3 N–H and O–H groups in total. The summed E-state index contributed by atoms with van der Waals surface area (Å²) >= 11 is 0. The fourth-order valence-electron chi connectivity index (χ4n) is 4.93. The van der Waals surface area contributed by atoms with Crippen molar-refractivity contribution in [2.75, 3.05) is 0 Å². The van der Waals surface area contributed by atoms with Crippen LogP contribution in [0.25, 0.3) is 22.2 Å². The van der Waals surface area contributed by atoms with Gasteiger partial charge in [-0.25, -0.2) is 4.98 Å². The zero-order valence-corrected chi connectivity index (χ0v) is 19.0. The third-order valence-corrected chi connectivity index (χ3v) is 6.60. The maximum absolute atomic E-state index is 10.3. The van der Waals surface area contributed by atoms with Gasteiger partial charge in [-0.3, -0.25) is 4.99 Å². The Morgan fingerprint density at radius 3 is 2.55 bits per heavy atom. The molecule has 3 heterocycles. The van der Waals surface area contributed by atoms with Gasteiger partial charge in [-0.2, -0.15) is 10.8 Å². The number of fused-ring (bicyclic) bond motifs is 2. The van der Waals surface area contributed by atoms with Crippen molar-refractivity contribution in [3.63, 3.8) is 0 Å². The molecule has 3 aliphatic rings. The molecule has 1 saturated carbocycles. The minimum Gasteiger partial charge on any atom is -0.390 e. The zero-order valence-electron chi connectivity index (χ0n) is 18.2. The number of rotatable bonds is 3. The van der Waals surface area contributed by atoms with Crippen molar-refractivity contribution in [1.29, 1.82) is 0 Å². The fraction of sp³-hybridized carbons (Fsp3) is 0.192. The monoisotopic (exact) mass is 458 g/mol. The predicted molar refractivity (Wildman–Crippen MR) is 133 cm³/mol. The number of nitrogens with zero attached hydrogens (tertiary/aromatic N) is 4. The van der Waals surface area contributed by atoms with Crippen LogP contribution in [-0.2, 0) is 0 Å². The van der Waals surface area contributed by atoms with Crippen molar-refractivity contribution in [3.05, 3.63) is 90.0 Å². The van der Waals surface area contributed by atoms with Crippen LogP contribution in [0.15, 0.2) is 94.4 Å². The van der Waals surface area contributed by atoms with Gasteiger partial charge in [0.05, 0.1) is 34.8 Å². The van der Waals surface area contributed by atoms with E-state index in [4.69, 9.17) is 15.8 Å². The molecule has 0 amide bonds. The topological polar surface area (TPSA) is 83.9 Å². The van der Waals surface area contributed by atoms with E-state index in [0.717, 1.165) is 45.0 Å². The lowest BCUT2D eigenvalue weighted by atomic mass is 9.70. The maximum Gasteiger partial charge on any atom is 0.264 e. The molecule has 2 aromatic carbocycles. The molecule has 0 radical (unpaired) electrons. The third kappa shape index (κ3) is 3.52. The van der Waals surface area contributed by atoms with Crippen molar-refractivity contribution in [2.24, 2.45) is 21.7 Å². The summed E-state index contributed by atoms with van der Waals surface area (Å²) < 4.78 is -0.0125. The Balaban J connectivity index is 0.00000228. The second-order valence-corrected chi connectivity index (χ2v) is 9.13. The van der Waals surface area contributed by atoms with E-state index in [1.165, 1.54) is 0 Å². The van der Waals surface area contributed by atoms with Gasteiger partial charge in [0, 0.05) is 16.9 Å². The molecule has 0 saturated heterocycles. The summed E-state index contributed by atoms with van der Waals surface area (Å²) in [6, 6.07) is 20.5. The highest BCUT2D eigenvalue weighted by Crippen LogP contribution is 2.46. The number of hydrogen-bond donors (Lipinski definition) is 2. The second kappa shape index (κ2) is 7.71. The minimum atomic E-state index is -0.636. The Morgan fingerprint density at radius 2 is 1.79 bits per heavy atom. The van der Waals surface area contributed by atoms with Crippen LogP contribution < -0.4 is 5.84 Å². The van der Waals surface area contributed by atoms with Crippen molar-refractivity contribution >= 4 is 35.4 Å². The summed E-state index contributed by atoms with van der Waals surface area (Å²) in [7, 11) is 0. The van der Waals surface area contributed by atoms with Crippen LogP contribution in [0, 0.1) is 5.92 Å². The SMILES string of the molecule is CC1(O)CC(C2=C3C=NC=C[N+]3(N)C(c3ccc4ccc(-c5ccccc5)nc4c3)=N2)C1.Cl. The van der Waals surface area contributed by atoms with Crippen molar-refractivity contribution in [1.82, 2.24) is 4.98 Å². The summed E-state index contributed by atoms with van der Waals surface area (Å²) in [6.07, 6.45) is 6.73. The number of aliphatic hydroxyl groups is 1. The van der Waals surface area contributed by atoms with Crippen molar-refractivity contribution < 1.29 is 9.70 Å². The van der Waals surface area contributed by atoms with Crippen molar-refractivity contribution in [3.8, 4) is 11.3 Å². The smallest absolute Gasteiger partial charge is 0.264 e. The lowest BCUT2D eigenvalue weighted by molar-refractivity contribution is -0.750. The number of pyridine rings is 1. The van der Waals surface area contributed by atoms with Crippen LogP contribution in [-0.4, -0.2) is 32.3 Å². The molecule has 0 spiro atoms. The average molecular weight is 459 g/mol. The molecular weight excluding hydrogens is 434 g/mol. The Labute approximate surface area is 198 Å². The van der Waals surface area contributed by atoms with E-state index in [-0.39, 0.29) is 22.9 Å². The van der Waals surface area contributed by atoms with Gasteiger partial charge in [0.1, 0.15) is 11.9 Å². The van der Waals surface area contributed by atoms with Gasteiger partial charge in [-0.1, -0.05) is 42.5 Å². The molecule has 6 rings (SSSR count). The maximum atomic E-state index is 10.3. The molecule has 1 aromatic heterocycles. The normalized spacial score (nSPS) is 27.7. The summed E-state index contributed by atoms with van der Waals surface area (Å²) in [5.41, 5.74) is 5.00. The number of amidine groups is 1. The van der Waals surface area contributed by atoms with E-state index in [9.17, 15) is 5.11 Å². The largest absolute Gasteiger partial charge is 0.390 e. The fourth-order valence-corrected chi connectivity index (χ4v) is 4.93. The molecule has 1 unspecified atom stereocenters. The molecule has 1 fully saturated rings. The van der Waals surface area contributed by atoms with E-state index >= 15 is 0 Å². The summed E-state index contributed by atoms with van der Waals surface area (Å²) in [5, 5.41) is 11.3. The van der Waals surface area contributed by atoms with Crippen molar-refractivity contribution in [2.45, 2.75) is 25.4 Å². The predicted octanol–water partition coefficient (Wildman–Crippen LogP) is 4.70. The lowest BCUT2D eigenvalue weighted by Crippen LogP contribution is -2.53. The molecule has 0 bridgehead atoms. The Bertz CT molecular complexity index is 1370. The van der Waals surface area contributed by atoms with Gasteiger partial charge in [-0.15, -0.1) is 17.0 Å². The average Bonchev–Trinajstić information content (AvgIpc) is 3.10. The zero-order chi connectivity index (χ0) is 21.9. The summed E-state index contributed by atoms with van der Waals surface area (Å²) in [5.74, 6) is 7.80. The van der Waals surface area contributed by atoms with Crippen LogP contribution in [0.2, 0.25) is 0 Å². The first kappa shape index (κ1) is 21.7. The molecule has 2 aliphatic heterocycles. The number of quaternary nitrogens is 1. The highest BCUT2D eigenvalue weighted by molar-refractivity contribution is 6.02. The van der Waals surface area contributed by atoms with Gasteiger partial charge in [0.2, 0.25) is 5.70 Å². The van der Waals surface area contributed by atoms with E-state index in [1.807, 2.05) is 37.4 Å². The van der Waals surface area contributed by atoms with Crippen LogP contribution in [0.5, 0.6) is 0 Å². The van der Waals surface area contributed by atoms with E-state index < -0.39 is 5.60 Å². The Hall–Kier alpha value is -3.16. The first-order valence-corrected chi connectivity index (χ1v) is 10.8. The van der Waals surface area contributed by atoms with Gasteiger partial charge in [-0.05, 0) is 38.0 Å². The number of benzene rings is 2. The van der Waals surface area contributed by atoms with E-state index in [0.29, 0.717) is 12.8 Å². The van der Waals surface area contributed by atoms with Crippen LogP contribution in [0.3, 0.4) is 0 Å². The third-order valence-electron chi connectivity index (χ3n) is 6.60. The van der Waals surface area contributed by atoms with E-state index in [1.54, 1.807) is 12.4 Å². The quantitative estimate of drug-likeness (QED) is 0.440. The highest BCUT2D eigenvalue weighted by Gasteiger charge is 2.50. The molecule has 6 nitrogen and oxygen atoms in total. The molecule has 3 aromatic rings. The standard InChI is InChI=1S/C26H24N5O.ClH/c1-26(32)14-20(15-26)24-23-16-28-11-12-31(23,27)25(30-24)19-8-7-18-9-10-21(29-22(18)13-19)17-5-3-2-4-6-17;/h2-13,16,20,32H,14-15,27H2,1H3;1H/q+1;. The number of aromatic nitrogens is 1. The number of halogens is 1. The molecular formula is C26H25ClN5O+. The molecule has 1 aliphatic carbocycles.